The minimum Gasteiger partial charge on any atom is -0.379 e. The summed E-state index contributed by atoms with van der Waals surface area (Å²) in [5.41, 5.74) is 5.60. The molecule has 1 aliphatic heterocycles. The van der Waals surface area contributed by atoms with Gasteiger partial charge in [0.1, 0.15) is 5.82 Å². The van der Waals surface area contributed by atoms with Gasteiger partial charge in [-0.15, -0.1) is 0 Å². The van der Waals surface area contributed by atoms with Crippen molar-refractivity contribution in [3.63, 3.8) is 0 Å². The Kier molecular flexibility index (Phi) is 17.2. The van der Waals surface area contributed by atoms with Crippen molar-refractivity contribution in [1.82, 2.24) is 9.47 Å². The number of alkyl halides is 3. The van der Waals surface area contributed by atoms with Crippen molar-refractivity contribution < 1.29 is 22.3 Å². The monoisotopic (exact) mass is 571 g/mol. The number of nitrogens with zero attached hydrogens (tertiary/aromatic N) is 3. The molecule has 2 heterocycles. The fraction of sp³-hybridized carbons (Fsp3) is 0.688. The van der Waals surface area contributed by atoms with Crippen LogP contribution in [0, 0.1) is 19.7 Å². The van der Waals surface area contributed by atoms with Gasteiger partial charge < -0.3 is 14.2 Å². The molecular weight excluding hydrogens is 518 g/mol. The molecule has 0 radical (unpaired) electrons. The van der Waals surface area contributed by atoms with E-state index in [9.17, 15) is 17.6 Å². The molecule has 0 amide bonds. The molecule has 230 valence electrons. The highest BCUT2D eigenvalue weighted by atomic mass is 19.4. The van der Waals surface area contributed by atoms with Gasteiger partial charge in [-0.3, -0.25) is 4.90 Å². The number of aromatic nitrogens is 1. The van der Waals surface area contributed by atoms with Crippen molar-refractivity contribution in [3.8, 4) is 5.69 Å². The number of morpholine rings is 1. The van der Waals surface area contributed by atoms with Crippen LogP contribution in [0.15, 0.2) is 24.3 Å². The summed E-state index contributed by atoms with van der Waals surface area (Å²) in [5, 5.41) is 0. The second-order valence-corrected chi connectivity index (χ2v) is 10.4. The fourth-order valence-electron chi connectivity index (χ4n) is 4.80. The standard InChI is InChI=1S/C20H29FN2.C8H17NO.C4H7F3/c1-6-11-22(12-7-2)20-14-16(5)23(19(20)8-3)17-9-10-18(21)15(4)13-17;1-2-3-4-9-5-7-10-8-6-9;1-2-3-4(5,6)7/h9-10,13-14H,6-8,11-12H2,1-5H3;2-8H2,1H3;2-3H2,1H3. The molecule has 0 N–H and O–H groups in total. The van der Waals surface area contributed by atoms with E-state index < -0.39 is 12.6 Å². The van der Waals surface area contributed by atoms with Crippen LogP contribution < -0.4 is 4.90 Å². The first-order valence-electron chi connectivity index (χ1n) is 15.1. The summed E-state index contributed by atoms with van der Waals surface area (Å²) in [6.45, 7) is 21.9. The number of hydrogen-bond donors (Lipinski definition) is 0. The number of ether oxygens (including phenoxy) is 1. The molecule has 0 saturated carbocycles. The quantitative estimate of drug-likeness (QED) is 0.251. The third-order valence-electron chi connectivity index (χ3n) is 6.79. The predicted molar refractivity (Wildman–Crippen MR) is 161 cm³/mol. The Morgan fingerprint density at radius 2 is 1.50 bits per heavy atom. The molecule has 1 aliphatic rings. The third kappa shape index (κ3) is 12.6. The van der Waals surface area contributed by atoms with Crippen LogP contribution >= 0.6 is 0 Å². The number of unbranched alkanes of at least 4 members (excludes halogenated alkanes) is 1. The first kappa shape index (κ1) is 36.0. The average Bonchev–Trinajstić information content (AvgIpc) is 3.25. The lowest BCUT2D eigenvalue weighted by molar-refractivity contribution is -0.134. The van der Waals surface area contributed by atoms with E-state index in [1.807, 2.05) is 19.1 Å². The molecule has 4 nitrogen and oxygen atoms in total. The van der Waals surface area contributed by atoms with Crippen molar-refractivity contribution in [2.24, 2.45) is 0 Å². The minimum atomic E-state index is -3.95. The van der Waals surface area contributed by atoms with Gasteiger partial charge in [0.05, 0.1) is 18.9 Å². The fourth-order valence-corrected chi connectivity index (χ4v) is 4.80. The van der Waals surface area contributed by atoms with E-state index in [1.165, 1.54) is 43.4 Å². The van der Waals surface area contributed by atoms with E-state index in [2.05, 4.69) is 55.1 Å². The lowest BCUT2D eigenvalue weighted by Gasteiger charge is -2.26. The van der Waals surface area contributed by atoms with Crippen LogP contribution in [0.3, 0.4) is 0 Å². The molecule has 1 aromatic carbocycles. The summed E-state index contributed by atoms with van der Waals surface area (Å²) in [4.78, 5) is 4.96. The molecule has 0 spiro atoms. The van der Waals surface area contributed by atoms with E-state index in [1.54, 1.807) is 6.07 Å². The SMILES string of the molecule is CCCC(F)(F)F.CCCCN1CCOCC1.CCCN(CCC)c1cc(C)n(-c2ccc(F)c(C)c2)c1CC. The number of rotatable bonds is 11. The van der Waals surface area contributed by atoms with Crippen LogP contribution in [0.4, 0.5) is 23.2 Å². The van der Waals surface area contributed by atoms with Gasteiger partial charge in [0.2, 0.25) is 0 Å². The molecule has 8 heteroatoms. The zero-order valence-electron chi connectivity index (χ0n) is 26.0. The molecule has 0 bridgehead atoms. The van der Waals surface area contributed by atoms with Gasteiger partial charge in [0.15, 0.2) is 0 Å². The second-order valence-electron chi connectivity index (χ2n) is 10.4. The molecule has 0 aliphatic carbocycles. The molecule has 1 saturated heterocycles. The van der Waals surface area contributed by atoms with E-state index >= 15 is 0 Å². The van der Waals surface area contributed by atoms with Gasteiger partial charge in [-0.1, -0.05) is 41.0 Å². The molecule has 40 heavy (non-hydrogen) atoms. The van der Waals surface area contributed by atoms with Crippen LogP contribution in [-0.4, -0.2) is 61.6 Å². The maximum atomic E-state index is 13.6. The number of halogens is 4. The number of benzene rings is 1. The summed E-state index contributed by atoms with van der Waals surface area (Å²) in [5.74, 6) is -0.143. The second kappa shape index (κ2) is 19.1. The highest BCUT2D eigenvalue weighted by Gasteiger charge is 2.24. The van der Waals surface area contributed by atoms with Crippen molar-refractivity contribution in [2.75, 3.05) is 50.8 Å². The highest BCUT2D eigenvalue weighted by molar-refractivity contribution is 5.58. The Morgan fingerprint density at radius 1 is 0.875 bits per heavy atom. The zero-order chi connectivity index (χ0) is 30.1. The van der Waals surface area contributed by atoms with Crippen LogP contribution in [0.2, 0.25) is 0 Å². The van der Waals surface area contributed by atoms with Gasteiger partial charge in [0.25, 0.3) is 0 Å². The van der Waals surface area contributed by atoms with E-state index in [4.69, 9.17) is 4.74 Å². The summed E-state index contributed by atoms with van der Waals surface area (Å²) < 4.78 is 54.3. The first-order chi connectivity index (χ1) is 19.0. The normalized spacial score (nSPS) is 13.8. The summed E-state index contributed by atoms with van der Waals surface area (Å²) >= 11 is 0. The lowest BCUT2D eigenvalue weighted by atomic mass is 10.2. The highest BCUT2D eigenvalue weighted by Crippen LogP contribution is 2.30. The van der Waals surface area contributed by atoms with Gasteiger partial charge in [-0.2, -0.15) is 13.2 Å². The topological polar surface area (TPSA) is 20.6 Å². The van der Waals surface area contributed by atoms with Crippen LogP contribution in [0.1, 0.15) is 90.1 Å². The summed E-state index contributed by atoms with van der Waals surface area (Å²) in [6.07, 6.45) is 1.46. The molecule has 1 aromatic heterocycles. The van der Waals surface area contributed by atoms with Crippen molar-refractivity contribution in [2.45, 2.75) is 99.6 Å². The third-order valence-corrected chi connectivity index (χ3v) is 6.79. The molecule has 3 rings (SSSR count). The maximum Gasteiger partial charge on any atom is 0.389 e. The number of aryl methyl sites for hydroxylation is 2. The smallest absolute Gasteiger partial charge is 0.379 e. The van der Waals surface area contributed by atoms with Gasteiger partial charge >= 0.3 is 6.18 Å². The molecular formula is C32H53F4N3O. The van der Waals surface area contributed by atoms with E-state index in [-0.39, 0.29) is 12.2 Å². The van der Waals surface area contributed by atoms with E-state index in [0.29, 0.717) is 5.56 Å². The lowest BCUT2D eigenvalue weighted by Crippen LogP contribution is -2.36. The maximum absolute atomic E-state index is 13.6. The van der Waals surface area contributed by atoms with Crippen LogP contribution in [-0.2, 0) is 11.2 Å². The zero-order valence-corrected chi connectivity index (χ0v) is 26.0. The van der Waals surface area contributed by atoms with Crippen molar-refractivity contribution in [1.29, 1.82) is 0 Å². The predicted octanol–water partition coefficient (Wildman–Crippen LogP) is 8.89. The first-order valence-corrected chi connectivity index (χ1v) is 15.1. The molecule has 0 atom stereocenters. The van der Waals surface area contributed by atoms with Crippen LogP contribution in [0.25, 0.3) is 5.69 Å². The molecule has 2 aromatic rings. The van der Waals surface area contributed by atoms with E-state index in [0.717, 1.165) is 64.3 Å². The Hall–Kier alpha value is -2.06. The molecule has 0 unspecified atom stereocenters. The Labute approximate surface area is 240 Å². The van der Waals surface area contributed by atoms with Gasteiger partial charge in [-0.05, 0) is 82.3 Å². The molecule has 1 fully saturated rings. The number of hydrogen-bond acceptors (Lipinski definition) is 3. The Morgan fingerprint density at radius 3 is 1.95 bits per heavy atom. The van der Waals surface area contributed by atoms with Gasteiger partial charge in [-0.25, -0.2) is 4.39 Å². The largest absolute Gasteiger partial charge is 0.389 e. The average molecular weight is 572 g/mol. The Bertz CT molecular complexity index is 946. The minimum absolute atomic E-state index is 0.143. The summed E-state index contributed by atoms with van der Waals surface area (Å²) in [7, 11) is 0. The van der Waals surface area contributed by atoms with Crippen LogP contribution in [0.5, 0.6) is 0 Å². The van der Waals surface area contributed by atoms with Crippen molar-refractivity contribution >= 4 is 5.69 Å². The van der Waals surface area contributed by atoms with Gasteiger partial charge in [0, 0.05) is 49.7 Å². The number of anilines is 1. The summed E-state index contributed by atoms with van der Waals surface area (Å²) in [6, 6.07) is 7.67. The van der Waals surface area contributed by atoms with Crippen molar-refractivity contribution in [3.05, 3.63) is 47.0 Å². The Balaban J connectivity index is 0.000000385.